The van der Waals surface area contributed by atoms with Crippen molar-refractivity contribution in [3.05, 3.63) is 70.9 Å². The zero-order chi connectivity index (χ0) is 21.3. The molecular formula is C24H23ClN2O3. The summed E-state index contributed by atoms with van der Waals surface area (Å²) in [6, 6.07) is 15.2. The van der Waals surface area contributed by atoms with Crippen LogP contribution >= 0.6 is 11.6 Å². The summed E-state index contributed by atoms with van der Waals surface area (Å²) in [5.41, 5.74) is 3.08. The van der Waals surface area contributed by atoms with Gasteiger partial charge >= 0.3 is 0 Å². The average molecular weight is 423 g/mol. The Morgan fingerprint density at radius 3 is 2.47 bits per heavy atom. The molecule has 0 fully saturated rings. The van der Waals surface area contributed by atoms with Gasteiger partial charge in [-0.3, -0.25) is 14.5 Å². The lowest BCUT2D eigenvalue weighted by Crippen LogP contribution is -2.33. The highest BCUT2D eigenvalue weighted by Crippen LogP contribution is 2.33. The number of carbonyl (C=O) groups excluding carboxylic acids is 2. The number of nitrogens with zero attached hydrogens (tertiary/aromatic N) is 2. The van der Waals surface area contributed by atoms with Crippen molar-refractivity contribution in [2.45, 2.75) is 19.8 Å². The van der Waals surface area contributed by atoms with Crippen molar-refractivity contribution in [3.63, 3.8) is 0 Å². The van der Waals surface area contributed by atoms with Crippen LogP contribution in [0.5, 0.6) is 5.75 Å². The van der Waals surface area contributed by atoms with Crippen molar-refractivity contribution >= 4 is 39.9 Å². The van der Waals surface area contributed by atoms with E-state index in [2.05, 4.69) is 16.7 Å². The molecule has 0 radical (unpaired) electrons. The Bertz CT molecular complexity index is 1140. The van der Waals surface area contributed by atoms with E-state index in [0.717, 1.165) is 28.6 Å². The molecule has 0 N–H and O–H groups in total. The van der Waals surface area contributed by atoms with E-state index in [9.17, 15) is 9.59 Å². The second-order valence-corrected chi connectivity index (χ2v) is 7.73. The van der Waals surface area contributed by atoms with Crippen LogP contribution in [0.3, 0.4) is 0 Å². The third-order valence-electron chi connectivity index (χ3n) is 5.31. The van der Waals surface area contributed by atoms with Gasteiger partial charge < -0.3 is 9.30 Å². The molecule has 0 saturated heterocycles. The quantitative estimate of drug-likeness (QED) is 0.526. The maximum atomic E-state index is 13.0. The third kappa shape index (κ3) is 3.61. The lowest BCUT2D eigenvalue weighted by atomic mass is 10.1. The number of halogens is 1. The first kappa shape index (κ1) is 20.2. The molecule has 0 bridgehead atoms. The van der Waals surface area contributed by atoms with Gasteiger partial charge in [0.2, 0.25) is 0 Å². The van der Waals surface area contributed by atoms with Crippen LogP contribution in [0.2, 0.25) is 0 Å². The first-order chi connectivity index (χ1) is 14.5. The number of para-hydroxylation sites is 1. The number of fused-ring (bicyclic) bond motifs is 1. The van der Waals surface area contributed by atoms with Crippen molar-refractivity contribution in [3.8, 4) is 5.75 Å². The monoisotopic (exact) mass is 422 g/mol. The number of amides is 2. The highest BCUT2D eigenvalue weighted by atomic mass is 35.5. The van der Waals surface area contributed by atoms with Gasteiger partial charge in [-0.25, -0.2) is 0 Å². The smallest absolute Gasteiger partial charge is 0.273 e. The molecule has 5 nitrogen and oxygen atoms in total. The number of benzene rings is 2. The van der Waals surface area contributed by atoms with Gasteiger partial charge in [-0.2, -0.15) is 0 Å². The lowest BCUT2D eigenvalue weighted by Gasteiger charge is -2.14. The molecule has 2 heterocycles. The summed E-state index contributed by atoms with van der Waals surface area (Å²) in [4.78, 5) is 26.9. The Balaban J connectivity index is 1.51. The molecule has 4 rings (SSSR count). The molecule has 0 saturated carbocycles. The zero-order valence-electron chi connectivity index (χ0n) is 17.0. The molecule has 1 aliphatic heterocycles. The van der Waals surface area contributed by atoms with Crippen LogP contribution in [0.4, 0.5) is 0 Å². The van der Waals surface area contributed by atoms with Gasteiger partial charge in [-0.05, 0) is 42.2 Å². The third-order valence-corrected chi connectivity index (χ3v) is 5.66. The Labute approximate surface area is 180 Å². The molecule has 1 aliphatic rings. The van der Waals surface area contributed by atoms with E-state index in [1.165, 1.54) is 4.90 Å². The summed E-state index contributed by atoms with van der Waals surface area (Å²) >= 11 is 6.29. The summed E-state index contributed by atoms with van der Waals surface area (Å²) in [6.07, 6.45) is 3.53. The van der Waals surface area contributed by atoms with Crippen molar-refractivity contribution < 1.29 is 14.3 Å². The van der Waals surface area contributed by atoms with E-state index >= 15 is 0 Å². The fourth-order valence-electron chi connectivity index (χ4n) is 3.79. The number of hydrogen-bond acceptors (Lipinski definition) is 3. The van der Waals surface area contributed by atoms with Gasteiger partial charge in [0.05, 0.1) is 12.2 Å². The lowest BCUT2D eigenvalue weighted by molar-refractivity contribution is -0.136. The van der Waals surface area contributed by atoms with E-state index in [1.54, 1.807) is 24.3 Å². The summed E-state index contributed by atoms with van der Waals surface area (Å²) in [7, 11) is 1.99. The van der Waals surface area contributed by atoms with Crippen LogP contribution in [0, 0.1) is 0 Å². The summed E-state index contributed by atoms with van der Waals surface area (Å²) in [5, 5.41) is 1.10. The van der Waals surface area contributed by atoms with Gasteiger partial charge in [0.25, 0.3) is 11.8 Å². The van der Waals surface area contributed by atoms with Crippen LogP contribution < -0.4 is 4.74 Å². The summed E-state index contributed by atoms with van der Waals surface area (Å²) < 4.78 is 7.63. The van der Waals surface area contributed by atoms with E-state index in [0.29, 0.717) is 18.6 Å². The highest BCUT2D eigenvalue weighted by Gasteiger charge is 2.37. The fraction of sp³-hybridized carbons (Fsp3) is 0.250. The SMILES string of the molecule is CCCOc1ccc(C2=C(Cl)C(=O)N(CCc3cn(C)c4ccccc34)C2=O)cc1. The summed E-state index contributed by atoms with van der Waals surface area (Å²) in [6.45, 7) is 2.94. The number of aryl methyl sites for hydroxylation is 1. The number of imide groups is 1. The van der Waals surface area contributed by atoms with Crippen LogP contribution in [0.15, 0.2) is 59.8 Å². The second kappa shape index (κ2) is 8.36. The van der Waals surface area contributed by atoms with Gasteiger partial charge in [0, 0.05) is 30.7 Å². The van der Waals surface area contributed by atoms with E-state index in [1.807, 2.05) is 32.3 Å². The predicted octanol–water partition coefficient (Wildman–Crippen LogP) is 4.53. The van der Waals surface area contributed by atoms with E-state index in [4.69, 9.17) is 16.3 Å². The van der Waals surface area contributed by atoms with Gasteiger partial charge in [-0.1, -0.05) is 48.9 Å². The maximum Gasteiger partial charge on any atom is 0.273 e. The molecule has 154 valence electrons. The fourth-order valence-corrected chi connectivity index (χ4v) is 4.09. The number of carbonyl (C=O) groups is 2. The summed E-state index contributed by atoms with van der Waals surface area (Å²) in [5.74, 6) is -0.0717. The minimum atomic E-state index is -0.441. The maximum absolute atomic E-state index is 13.0. The van der Waals surface area contributed by atoms with E-state index < -0.39 is 5.91 Å². The topological polar surface area (TPSA) is 51.5 Å². The Morgan fingerprint density at radius 2 is 1.73 bits per heavy atom. The molecule has 30 heavy (non-hydrogen) atoms. The number of aromatic nitrogens is 1. The van der Waals surface area contributed by atoms with Crippen molar-refractivity contribution in [1.82, 2.24) is 9.47 Å². The number of ether oxygens (including phenoxy) is 1. The van der Waals surface area contributed by atoms with Crippen LogP contribution in [0.25, 0.3) is 16.5 Å². The minimum Gasteiger partial charge on any atom is -0.494 e. The Kier molecular flexibility index (Phi) is 5.64. The molecule has 0 spiro atoms. The molecule has 0 atom stereocenters. The predicted molar refractivity (Wildman–Crippen MR) is 118 cm³/mol. The van der Waals surface area contributed by atoms with Crippen LogP contribution in [-0.2, 0) is 23.1 Å². The zero-order valence-corrected chi connectivity index (χ0v) is 17.8. The van der Waals surface area contributed by atoms with Crippen molar-refractivity contribution in [1.29, 1.82) is 0 Å². The molecule has 2 aromatic carbocycles. The Hall–Kier alpha value is -3.05. The van der Waals surface area contributed by atoms with Crippen LogP contribution in [-0.4, -0.2) is 34.4 Å². The Morgan fingerprint density at radius 1 is 1.00 bits per heavy atom. The van der Waals surface area contributed by atoms with Crippen LogP contribution in [0.1, 0.15) is 24.5 Å². The van der Waals surface area contributed by atoms with Crippen molar-refractivity contribution in [2.24, 2.45) is 7.05 Å². The van der Waals surface area contributed by atoms with Gasteiger partial charge in [-0.15, -0.1) is 0 Å². The number of rotatable bonds is 7. The van der Waals surface area contributed by atoms with Gasteiger partial charge in [0.1, 0.15) is 10.8 Å². The molecular weight excluding hydrogens is 400 g/mol. The molecule has 3 aromatic rings. The second-order valence-electron chi connectivity index (χ2n) is 7.36. The molecule has 6 heteroatoms. The first-order valence-corrected chi connectivity index (χ1v) is 10.4. The highest BCUT2D eigenvalue weighted by molar-refractivity contribution is 6.55. The number of hydrogen-bond donors (Lipinski definition) is 0. The molecule has 2 amide bonds. The minimum absolute atomic E-state index is 0.0276. The molecule has 0 unspecified atom stereocenters. The molecule has 1 aromatic heterocycles. The largest absolute Gasteiger partial charge is 0.494 e. The van der Waals surface area contributed by atoms with Gasteiger partial charge in [0.15, 0.2) is 0 Å². The first-order valence-electron chi connectivity index (χ1n) is 10.0. The normalized spacial score (nSPS) is 14.3. The van der Waals surface area contributed by atoms with E-state index in [-0.39, 0.29) is 23.1 Å². The van der Waals surface area contributed by atoms with Crippen molar-refractivity contribution in [2.75, 3.05) is 13.2 Å². The average Bonchev–Trinajstić information content (AvgIpc) is 3.19. The molecule has 0 aliphatic carbocycles. The standard InChI is InChI=1S/C24H23ClN2O3/c1-3-14-30-18-10-8-16(9-11-18)21-22(25)24(29)27(23(21)28)13-12-17-15-26(2)20-7-5-4-6-19(17)20/h4-11,15H,3,12-14H2,1-2H3.